The van der Waals surface area contributed by atoms with Gasteiger partial charge in [-0.05, 0) is 23.6 Å². The fraction of sp³-hybridized carbons (Fsp3) is 0.182. The van der Waals surface area contributed by atoms with E-state index in [4.69, 9.17) is 15.3 Å². The van der Waals surface area contributed by atoms with Crippen LogP contribution in [0.1, 0.15) is 0 Å². The predicted octanol–water partition coefficient (Wildman–Crippen LogP) is 1.29. The van der Waals surface area contributed by atoms with E-state index >= 15 is 0 Å². The Morgan fingerprint density at radius 2 is 1.94 bits per heavy atom. The summed E-state index contributed by atoms with van der Waals surface area (Å²) in [5.74, 6) is 7.55. The van der Waals surface area contributed by atoms with Crippen molar-refractivity contribution in [2.45, 2.75) is 0 Å². The molecule has 0 amide bonds. The molecule has 0 saturated heterocycles. The van der Waals surface area contributed by atoms with Gasteiger partial charge in [0.05, 0.1) is 0 Å². The number of nitrogens with zero attached hydrogens (tertiary/aromatic N) is 1. The second-order valence-electron chi connectivity index (χ2n) is 3.52. The van der Waals surface area contributed by atoms with Crippen LogP contribution >= 0.6 is 0 Å². The molecule has 0 saturated carbocycles. The minimum Gasteiger partial charge on any atom is -0.486 e. The van der Waals surface area contributed by atoms with Crippen LogP contribution in [-0.2, 0) is 0 Å². The Morgan fingerprint density at radius 1 is 1.19 bits per heavy atom. The summed E-state index contributed by atoms with van der Waals surface area (Å²) < 4.78 is 11.0. The average molecular weight is 217 g/mol. The van der Waals surface area contributed by atoms with Gasteiger partial charge in [0.1, 0.15) is 19.0 Å². The summed E-state index contributed by atoms with van der Waals surface area (Å²) >= 11 is 0. The fourth-order valence-electron chi connectivity index (χ4n) is 1.82. The van der Waals surface area contributed by atoms with E-state index in [0.29, 0.717) is 19.0 Å². The number of anilines is 1. The van der Waals surface area contributed by atoms with Crippen molar-refractivity contribution in [1.82, 2.24) is 4.98 Å². The van der Waals surface area contributed by atoms with Gasteiger partial charge in [-0.15, -0.1) is 0 Å². The van der Waals surface area contributed by atoms with Crippen molar-refractivity contribution in [3.63, 3.8) is 0 Å². The first kappa shape index (κ1) is 9.23. The number of rotatable bonds is 1. The van der Waals surface area contributed by atoms with Crippen molar-refractivity contribution < 1.29 is 9.47 Å². The first-order valence-corrected chi connectivity index (χ1v) is 5.03. The Bertz CT molecular complexity index is 542. The summed E-state index contributed by atoms with van der Waals surface area (Å²) in [7, 11) is 0. The molecule has 3 N–H and O–H groups in total. The molecule has 0 aliphatic carbocycles. The molecule has 0 spiro atoms. The highest BCUT2D eigenvalue weighted by Gasteiger charge is 2.13. The van der Waals surface area contributed by atoms with Crippen molar-refractivity contribution in [3.8, 4) is 11.5 Å². The molecule has 0 atom stereocenters. The van der Waals surface area contributed by atoms with Gasteiger partial charge in [-0.2, -0.15) is 0 Å². The molecule has 0 bridgehead atoms. The summed E-state index contributed by atoms with van der Waals surface area (Å²) in [4.78, 5) is 4.14. The molecule has 1 aromatic carbocycles. The van der Waals surface area contributed by atoms with Gasteiger partial charge in [-0.25, -0.2) is 10.8 Å². The molecule has 5 heteroatoms. The van der Waals surface area contributed by atoms with Crippen LogP contribution in [0.5, 0.6) is 11.5 Å². The summed E-state index contributed by atoms with van der Waals surface area (Å²) in [5, 5.41) is 1.95. The van der Waals surface area contributed by atoms with Crippen molar-refractivity contribution >= 4 is 16.6 Å². The Morgan fingerprint density at radius 3 is 2.69 bits per heavy atom. The third-order valence-corrected chi connectivity index (χ3v) is 2.56. The van der Waals surface area contributed by atoms with Gasteiger partial charge in [-0.3, -0.25) is 0 Å². The highest BCUT2D eigenvalue weighted by atomic mass is 16.6. The lowest BCUT2D eigenvalue weighted by Gasteiger charge is -2.19. The van der Waals surface area contributed by atoms with Gasteiger partial charge in [-0.1, -0.05) is 0 Å². The topological polar surface area (TPSA) is 69.4 Å². The molecule has 5 nitrogen and oxygen atoms in total. The standard InChI is InChI=1S/C11H11N3O2/c12-14-11-8-6-10-9(15-3-4-16-10)5-7(8)1-2-13-11/h1-2,5-6H,3-4,12H2,(H,13,14). The molecule has 16 heavy (non-hydrogen) atoms. The van der Waals surface area contributed by atoms with Crippen LogP contribution in [0, 0.1) is 0 Å². The smallest absolute Gasteiger partial charge is 0.162 e. The number of hydrazine groups is 1. The molecule has 0 fully saturated rings. The summed E-state index contributed by atoms with van der Waals surface area (Å²) in [6, 6.07) is 5.74. The summed E-state index contributed by atoms with van der Waals surface area (Å²) in [5.41, 5.74) is 2.57. The van der Waals surface area contributed by atoms with E-state index in [-0.39, 0.29) is 0 Å². The zero-order chi connectivity index (χ0) is 11.0. The normalized spacial score (nSPS) is 13.8. The van der Waals surface area contributed by atoms with Gasteiger partial charge in [0.15, 0.2) is 11.5 Å². The lowest BCUT2D eigenvalue weighted by Crippen LogP contribution is -2.15. The number of aromatic nitrogens is 1. The van der Waals surface area contributed by atoms with E-state index in [1.165, 1.54) is 0 Å². The monoisotopic (exact) mass is 217 g/mol. The second kappa shape index (κ2) is 3.53. The van der Waals surface area contributed by atoms with E-state index < -0.39 is 0 Å². The SMILES string of the molecule is NNc1nccc2cc3c(cc12)OCCO3. The van der Waals surface area contributed by atoms with Crippen LogP contribution in [0.4, 0.5) is 5.82 Å². The van der Waals surface area contributed by atoms with Crippen LogP contribution in [-0.4, -0.2) is 18.2 Å². The number of pyridine rings is 1. The number of fused-ring (bicyclic) bond motifs is 2. The van der Waals surface area contributed by atoms with Gasteiger partial charge in [0, 0.05) is 11.6 Å². The average Bonchev–Trinajstić information content (AvgIpc) is 2.35. The summed E-state index contributed by atoms with van der Waals surface area (Å²) in [6.45, 7) is 1.16. The number of nitrogens with two attached hydrogens (primary N) is 1. The maximum Gasteiger partial charge on any atom is 0.162 e. The molecule has 1 aliphatic heterocycles. The zero-order valence-electron chi connectivity index (χ0n) is 8.56. The number of nitrogen functional groups attached to an aromatic ring is 1. The first-order valence-electron chi connectivity index (χ1n) is 5.03. The molecule has 0 unspecified atom stereocenters. The van der Waals surface area contributed by atoms with E-state index in [1.807, 2.05) is 18.2 Å². The Kier molecular flexibility index (Phi) is 2.04. The summed E-state index contributed by atoms with van der Waals surface area (Å²) in [6.07, 6.45) is 1.70. The number of hydrogen-bond acceptors (Lipinski definition) is 5. The molecule has 2 aromatic rings. The minimum absolute atomic E-state index is 0.574. The van der Waals surface area contributed by atoms with Gasteiger partial charge < -0.3 is 14.9 Å². The fourth-order valence-corrected chi connectivity index (χ4v) is 1.82. The molecule has 2 heterocycles. The van der Waals surface area contributed by atoms with Crippen molar-refractivity contribution in [1.29, 1.82) is 0 Å². The maximum absolute atomic E-state index is 5.51. The number of benzene rings is 1. The van der Waals surface area contributed by atoms with Gasteiger partial charge in [0.2, 0.25) is 0 Å². The van der Waals surface area contributed by atoms with E-state index in [2.05, 4.69) is 10.4 Å². The molecule has 1 aliphatic rings. The maximum atomic E-state index is 5.51. The Hall–Kier alpha value is -2.01. The molecule has 1 aromatic heterocycles. The quantitative estimate of drug-likeness (QED) is 0.556. The molecule has 82 valence electrons. The minimum atomic E-state index is 0.574. The van der Waals surface area contributed by atoms with E-state index in [9.17, 15) is 0 Å². The molecular formula is C11H11N3O2. The largest absolute Gasteiger partial charge is 0.486 e. The van der Waals surface area contributed by atoms with Crippen molar-refractivity contribution in [2.75, 3.05) is 18.6 Å². The van der Waals surface area contributed by atoms with Crippen LogP contribution in [0.3, 0.4) is 0 Å². The Labute approximate surface area is 92.1 Å². The van der Waals surface area contributed by atoms with Gasteiger partial charge in [0.25, 0.3) is 0 Å². The first-order chi connectivity index (χ1) is 7.88. The van der Waals surface area contributed by atoms with Crippen molar-refractivity contribution in [2.24, 2.45) is 5.84 Å². The predicted molar refractivity (Wildman–Crippen MR) is 60.5 cm³/mol. The van der Waals surface area contributed by atoms with E-state index in [0.717, 1.165) is 22.3 Å². The Balaban J connectivity index is 2.27. The van der Waals surface area contributed by atoms with Gasteiger partial charge >= 0.3 is 0 Å². The van der Waals surface area contributed by atoms with Crippen molar-refractivity contribution in [3.05, 3.63) is 24.4 Å². The van der Waals surface area contributed by atoms with Crippen LogP contribution in [0.25, 0.3) is 10.8 Å². The third-order valence-electron chi connectivity index (χ3n) is 2.56. The highest BCUT2D eigenvalue weighted by Crippen LogP contribution is 2.36. The van der Waals surface area contributed by atoms with Crippen LogP contribution < -0.4 is 20.7 Å². The molecular weight excluding hydrogens is 206 g/mol. The van der Waals surface area contributed by atoms with E-state index in [1.54, 1.807) is 6.20 Å². The third kappa shape index (κ3) is 1.33. The van der Waals surface area contributed by atoms with Crippen LogP contribution in [0.15, 0.2) is 24.4 Å². The highest BCUT2D eigenvalue weighted by molar-refractivity contribution is 5.94. The molecule has 3 rings (SSSR count). The number of nitrogens with one attached hydrogen (secondary N) is 1. The molecule has 0 radical (unpaired) electrons. The zero-order valence-corrected chi connectivity index (χ0v) is 8.56. The number of ether oxygens (including phenoxy) is 2. The second-order valence-corrected chi connectivity index (χ2v) is 3.52. The van der Waals surface area contributed by atoms with Crippen LogP contribution in [0.2, 0.25) is 0 Å². The number of hydrogen-bond donors (Lipinski definition) is 2. The lowest BCUT2D eigenvalue weighted by atomic mass is 10.1. The lowest BCUT2D eigenvalue weighted by molar-refractivity contribution is 0.172.